The van der Waals surface area contributed by atoms with Gasteiger partial charge in [-0.05, 0) is 40.1 Å². The number of nitrogens with zero attached hydrogens (tertiary/aromatic N) is 1. The second-order valence-corrected chi connectivity index (χ2v) is 5.71. The largest absolute Gasteiger partial charge is 0.497 e. The van der Waals surface area contributed by atoms with Crippen LogP contribution in [0.4, 0.5) is 13.2 Å². The monoisotopic (exact) mass is 485 g/mol. The number of ether oxygens (including phenoxy) is 1. The molecule has 0 saturated carbocycles. The van der Waals surface area contributed by atoms with Crippen molar-refractivity contribution in [2.24, 2.45) is 4.99 Å². The molecule has 25 heavy (non-hydrogen) atoms. The molecule has 0 amide bonds. The zero-order valence-electron chi connectivity index (χ0n) is 13.7. The number of methoxy groups -OCH3 is 1. The van der Waals surface area contributed by atoms with Crippen LogP contribution >= 0.6 is 35.3 Å². The van der Waals surface area contributed by atoms with Gasteiger partial charge in [0.25, 0.3) is 0 Å². The van der Waals surface area contributed by atoms with Gasteiger partial charge in [0.15, 0.2) is 5.96 Å². The van der Waals surface area contributed by atoms with Crippen LogP contribution in [0.3, 0.4) is 0 Å². The summed E-state index contributed by atoms with van der Waals surface area (Å²) < 4.78 is 44.4. The molecular formula is C16H19F3IN3OS. The lowest BCUT2D eigenvalue weighted by molar-refractivity contribution is -0.138. The van der Waals surface area contributed by atoms with Crippen molar-refractivity contribution >= 4 is 41.3 Å². The van der Waals surface area contributed by atoms with Crippen molar-refractivity contribution in [2.45, 2.75) is 19.3 Å². The molecule has 1 heterocycles. The number of nitrogens with one attached hydrogen (secondary N) is 2. The molecule has 0 aliphatic heterocycles. The fourth-order valence-corrected chi connectivity index (χ4v) is 2.75. The van der Waals surface area contributed by atoms with E-state index in [0.29, 0.717) is 12.5 Å². The van der Waals surface area contributed by atoms with Crippen molar-refractivity contribution < 1.29 is 17.9 Å². The van der Waals surface area contributed by atoms with Crippen LogP contribution in [-0.2, 0) is 19.3 Å². The van der Waals surface area contributed by atoms with Gasteiger partial charge in [0.1, 0.15) is 5.75 Å². The van der Waals surface area contributed by atoms with Crippen molar-refractivity contribution in [3.63, 3.8) is 0 Å². The van der Waals surface area contributed by atoms with E-state index < -0.39 is 11.7 Å². The third-order valence-electron chi connectivity index (χ3n) is 3.33. The third kappa shape index (κ3) is 6.38. The molecule has 138 valence electrons. The average Bonchev–Trinajstić information content (AvgIpc) is 3.07. The van der Waals surface area contributed by atoms with Crippen molar-refractivity contribution in [1.29, 1.82) is 0 Å². The Bertz CT molecular complexity index is 690. The number of alkyl halides is 3. The van der Waals surface area contributed by atoms with E-state index in [2.05, 4.69) is 15.6 Å². The molecule has 1 aromatic heterocycles. The van der Waals surface area contributed by atoms with E-state index in [4.69, 9.17) is 4.74 Å². The standard InChI is InChI=1S/C16H18F3N3OS.HI/c1-20-15(21-8-11-5-6-24-10-11)22-9-12-3-4-13(23-2)7-14(12)16(17,18)19;/h3-7,10H,8-9H2,1-2H3,(H2,20,21,22);1H. The summed E-state index contributed by atoms with van der Waals surface area (Å²) in [6, 6.07) is 5.88. The number of benzene rings is 1. The third-order valence-corrected chi connectivity index (χ3v) is 4.06. The quantitative estimate of drug-likeness (QED) is 0.378. The maximum Gasteiger partial charge on any atom is 0.416 e. The first-order valence-corrected chi connectivity index (χ1v) is 8.08. The summed E-state index contributed by atoms with van der Waals surface area (Å²) in [6.07, 6.45) is -4.45. The van der Waals surface area contributed by atoms with Gasteiger partial charge in [-0.2, -0.15) is 24.5 Å². The van der Waals surface area contributed by atoms with Crippen LogP contribution in [0.2, 0.25) is 0 Å². The maximum absolute atomic E-state index is 13.2. The van der Waals surface area contributed by atoms with Crippen LogP contribution < -0.4 is 15.4 Å². The molecular weight excluding hydrogens is 466 g/mol. The lowest BCUT2D eigenvalue weighted by Gasteiger charge is -2.16. The molecule has 2 rings (SSSR count). The highest BCUT2D eigenvalue weighted by Crippen LogP contribution is 2.34. The lowest BCUT2D eigenvalue weighted by atomic mass is 10.1. The molecule has 0 aliphatic rings. The van der Waals surface area contributed by atoms with E-state index in [9.17, 15) is 13.2 Å². The van der Waals surface area contributed by atoms with Crippen LogP contribution in [0.1, 0.15) is 16.7 Å². The second-order valence-electron chi connectivity index (χ2n) is 4.93. The van der Waals surface area contributed by atoms with E-state index in [0.717, 1.165) is 11.6 Å². The molecule has 0 radical (unpaired) electrons. The van der Waals surface area contributed by atoms with Gasteiger partial charge in [-0.25, -0.2) is 0 Å². The zero-order valence-corrected chi connectivity index (χ0v) is 16.8. The number of hydrogen-bond donors (Lipinski definition) is 2. The molecule has 2 N–H and O–H groups in total. The van der Waals surface area contributed by atoms with Gasteiger partial charge in [-0.15, -0.1) is 24.0 Å². The first-order valence-electron chi connectivity index (χ1n) is 7.13. The summed E-state index contributed by atoms with van der Waals surface area (Å²) in [5, 5.41) is 9.91. The SMILES string of the molecule is CN=C(NCc1ccsc1)NCc1ccc(OC)cc1C(F)(F)F.I. The van der Waals surface area contributed by atoms with Crippen LogP contribution in [0.15, 0.2) is 40.0 Å². The minimum Gasteiger partial charge on any atom is -0.497 e. The fraction of sp³-hybridized carbons (Fsp3) is 0.312. The number of thiophene rings is 1. The van der Waals surface area contributed by atoms with Crippen molar-refractivity contribution in [2.75, 3.05) is 14.2 Å². The van der Waals surface area contributed by atoms with Crippen LogP contribution in [0.5, 0.6) is 5.75 Å². The predicted octanol–water partition coefficient (Wildman–Crippen LogP) is 4.26. The van der Waals surface area contributed by atoms with Gasteiger partial charge in [0.2, 0.25) is 0 Å². The minimum atomic E-state index is -4.45. The van der Waals surface area contributed by atoms with E-state index in [1.165, 1.54) is 19.2 Å². The molecule has 9 heteroatoms. The summed E-state index contributed by atoms with van der Waals surface area (Å²) >= 11 is 1.58. The zero-order chi connectivity index (χ0) is 17.6. The van der Waals surface area contributed by atoms with E-state index in [-0.39, 0.29) is 41.8 Å². The van der Waals surface area contributed by atoms with E-state index in [1.54, 1.807) is 18.4 Å². The Morgan fingerprint density at radius 2 is 1.92 bits per heavy atom. The Balaban J connectivity index is 0.00000312. The predicted molar refractivity (Wildman–Crippen MR) is 105 cm³/mol. The van der Waals surface area contributed by atoms with E-state index in [1.807, 2.05) is 16.8 Å². The summed E-state index contributed by atoms with van der Waals surface area (Å²) in [4.78, 5) is 4.02. The van der Waals surface area contributed by atoms with Crippen LogP contribution in [0.25, 0.3) is 0 Å². The highest BCUT2D eigenvalue weighted by molar-refractivity contribution is 14.0. The number of rotatable bonds is 5. The van der Waals surface area contributed by atoms with Crippen molar-refractivity contribution in [1.82, 2.24) is 10.6 Å². The molecule has 1 aromatic carbocycles. The molecule has 0 unspecified atom stereocenters. The molecule has 0 spiro atoms. The fourth-order valence-electron chi connectivity index (χ4n) is 2.08. The molecule has 0 saturated heterocycles. The number of hydrogen-bond acceptors (Lipinski definition) is 3. The van der Waals surface area contributed by atoms with Gasteiger partial charge in [0.05, 0.1) is 12.7 Å². The Labute approximate surface area is 165 Å². The minimum absolute atomic E-state index is 0. The topological polar surface area (TPSA) is 45.7 Å². The van der Waals surface area contributed by atoms with Gasteiger partial charge in [-0.3, -0.25) is 4.99 Å². The highest BCUT2D eigenvalue weighted by atomic mass is 127. The first-order chi connectivity index (χ1) is 11.4. The molecule has 0 fully saturated rings. The number of halogens is 4. The highest BCUT2D eigenvalue weighted by Gasteiger charge is 2.33. The van der Waals surface area contributed by atoms with Gasteiger partial charge < -0.3 is 15.4 Å². The number of guanidine groups is 1. The summed E-state index contributed by atoms with van der Waals surface area (Å²) in [5.74, 6) is 0.608. The molecule has 0 aliphatic carbocycles. The van der Waals surface area contributed by atoms with Gasteiger partial charge in [-0.1, -0.05) is 6.07 Å². The molecule has 4 nitrogen and oxygen atoms in total. The Morgan fingerprint density at radius 3 is 2.48 bits per heavy atom. The smallest absolute Gasteiger partial charge is 0.416 e. The molecule has 2 aromatic rings. The lowest BCUT2D eigenvalue weighted by Crippen LogP contribution is -2.36. The second kappa shape index (κ2) is 9.85. The van der Waals surface area contributed by atoms with Crippen LogP contribution in [0, 0.1) is 0 Å². The normalized spacial score (nSPS) is 11.6. The Morgan fingerprint density at radius 1 is 1.20 bits per heavy atom. The van der Waals surface area contributed by atoms with Gasteiger partial charge >= 0.3 is 6.18 Å². The summed E-state index contributed by atoms with van der Waals surface area (Å²) in [7, 11) is 2.91. The molecule has 0 atom stereocenters. The summed E-state index contributed by atoms with van der Waals surface area (Å²) in [5.41, 5.74) is 0.493. The first kappa shape index (κ1) is 21.6. The van der Waals surface area contributed by atoms with E-state index >= 15 is 0 Å². The maximum atomic E-state index is 13.2. The van der Waals surface area contributed by atoms with Crippen molar-refractivity contribution in [3.8, 4) is 5.75 Å². The average molecular weight is 485 g/mol. The Hall–Kier alpha value is -1.49. The van der Waals surface area contributed by atoms with Crippen molar-refractivity contribution in [3.05, 3.63) is 51.7 Å². The number of aliphatic imine (C=N–C) groups is 1. The molecule has 0 bridgehead atoms. The summed E-state index contributed by atoms with van der Waals surface area (Å²) in [6.45, 7) is 0.556. The van der Waals surface area contributed by atoms with Crippen LogP contribution in [-0.4, -0.2) is 20.1 Å². The Kier molecular flexibility index (Phi) is 8.50. The van der Waals surface area contributed by atoms with Gasteiger partial charge in [0, 0.05) is 20.1 Å².